The highest BCUT2D eigenvalue weighted by molar-refractivity contribution is 7.99. The highest BCUT2D eigenvalue weighted by Crippen LogP contribution is 2.39. The van der Waals surface area contributed by atoms with Crippen LogP contribution in [0.15, 0.2) is 52.3 Å². The number of hydrogen-bond acceptors (Lipinski definition) is 6. The van der Waals surface area contributed by atoms with Gasteiger partial charge >= 0.3 is 12.1 Å². The Morgan fingerprint density at radius 1 is 1.11 bits per heavy atom. The second-order valence-electron chi connectivity index (χ2n) is 6.87. The molecule has 0 unspecified atom stereocenters. The van der Waals surface area contributed by atoms with Crippen molar-refractivity contribution in [3.05, 3.63) is 68.2 Å². The third kappa shape index (κ3) is 9.06. The largest absolute Gasteiger partial charge is 0.490 e. The summed E-state index contributed by atoms with van der Waals surface area (Å²) in [7, 11) is 0. The second kappa shape index (κ2) is 12.8. The van der Waals surface area contributed by atoms with E-state index in [0.29, 0.717) is 38.5 Å². The van der Waals surface area contributed by atoms with Gasteiger partial charge in [0.2, 0.25) is 5.91 Å². The molecule has 2 aromatic rings. The number of nitro benzene ring substituents is 1. The van der Waals surface area contributed by atoms with E-state index in [2.05, 4.69) is 5.32 Å². The van der Waals surface area contributed by atoms with Gasteiger partial charge in [-0.05, 0) is 35.9 Å². The highest BCUT2D eigenvalue weighted by atomic mass is 35.5. The SMILES string of the molecule is O=C(C=Cc1ccc(Sc2ccc(Cl)cc2Cl)c([N+](=O)[O-])c1)N1CCNCC1.O=C(O)C(F)(F)F. The molecule has 0 aromatic heterocycles. The van der Waals surface area contributed by atoms with E-state index in [9.17, 15) is 28.1 Å². The number of amides is 1. The molecule has 1 fully saturated rings. The van der Waals surface area contributed by atoms with Crippen LogP contribution in [0.25, 0.3) is 6.08 Å². The quantitative estimate of drug-likeness (QED) is 0.301. The molecule has 2 aromatic carbocycles. The number of carboxylic acid groups (broad SMARTS) is 1. The Morgan fingerprint density at radius 2 is 1.71 bits per heavy atom. The average molecular weight is 552 g/mol. The van der Waals surface area contributed by atoms with E-state index >= 15 is 0 Å². The van der Waals surface area contributed by atoms with E-state index in [4.69, 9.17) is 33.1 Å². The number of carboxylic acids is 1. The first-order chi connectivity index (χ1) is 16.4. The van der Waals surface area contributed by atoms with Gasteiger partial charge in [-0.15, -0.1) is 0 Å². The smallest absolute Gasteiger partial charge is 0.475 e. The summed E-state index contributed by atoms with van der Waals surface area (Å²) in [6.45, 7) is 2.84. The van der Waals surface area contributed by atoms with Crippen LogP contribution in [0.3, 0.4) is 0 Å². The number of nitrogens with zero attached hydrogens (tertiary/aromatic N) is 2. The fourth-order valence-corrected chi connectivity index (χ4v) is 4.13. The van der Waals surface area contributed by atoms with E-state index < -0.39 is 17.1 Å². The number of hydrogen-bond donors (Lipinski definition) is 2. The number of piperazine rings is 1. The first-order valence-electron chi connectivity index (χ1n) is 9.77. The number of aliphatic carboxylic acids is 1. The monoisotopic (exact) mass is 551 g/mol. The van der Waals surface area contributed by atoms with E-state index in [0.717, 1.165) is 13.1 Å². The maximum atomic E-state index is 12.2. The van der Waals surface area contributed by atoms with Gasteiger partial charge in [0.15, 0.2) is 0 Å². The van der Waals surface area contributed by atoms with Crippen LogP contribution in [0.4, 0.5) is 18.9 Å². The molecular weight excluding hydrogens is 534 g/mol. The van der Waals surface area contributed by atoms with Crippen LogP contribution in [-0.4, -0.2) is 59.2 Å². The maximum Gasteiger partial charge on any atom is 0.490 e. The Morgan fingerprint density at radius 3 is 2.26 bits per heavy atom. The van der Waals surface area contributed by atoms with Crippen molar-refractivity contribution in [3.63, 3.8) is 0 Å². The predicted octanol–water partition coefficient (Wildman–Crippen LogP) is 5.13. The molecular formula is C21H18Cl2F3N3O5S. The first-order valence-corrected chi connectivity index (χ1v) is 11.3. The summed E-state index contributed by atoms with van der Waals surface area (Å²) in [6, 6.07) is 9.84. The molecule has 1 saturated heterocycles. The molecule has 2 N–H and O–H groups in total. The van der Waals surface area contributed by atoms with E-state index in [1.165, 1.54) is 23.9 Å². The number of alkyl halides is 3. The van der Waals surface area contributed by atoms with Crippen molar-refractivity contribution in [1.82, 2.24) is 10.2 Å². The van der Waals surface area contributed by atoms with Crippen LogP contribution in [-0.2, 0) is 9.59 Å². The van der Waals surface area contributed by atoms with Crippen LogP contribution >= 0.6 is 35.0 Å². The van der Waals surface area contributed by atoms with Crippen LogP contribution in [0.1, 0.15) is 5.56 Å². The summed E-state index contributed by atoms with van der Waals surface area (Å²) in [5.41, 5.74) is 0.537. The van der Waals surface area contributed by atoms with Crippen molar-refractivity contribution in [2.75, 3.05) is 26.2 Å². The first kappa shape index (κ1) is 28.4. The molecule has 8 nitrogen and oxygen atoms in total. The van der Waals surface area contributed by atoms with Gasteiger partial charge in [-0.1, -0.05) is 41.0 Å². The van der Waals surface area contributed by atoms with Gasteiger partial charge in [0.25, 0.3) is 5.69 Å². The Hall–Kier alpha value is -2.80. The standard InChI is InChI=1S/C19H17Cl2N3O3S.C2HF3O2/c20-14-3-5-17(15(21)12-14)28-18-4-1-13(11-16(18)24(26)27)2-6-19(25)23-9-7-22-8-10-23;3-2(4,5)1(6)7/h1-6,11-12,22H,7-10H2;(H,6,7). The summed E-state index contributed by atoms with van der Waals surface area (Å²) in [6.07, 6.45) is -2.03. The molecule has 1 aliphatic rings. The lowest BCUT2D eigenvalue weighted by Crippen LogP contribution is -2.45. The fraction of sp³-hybridized carbons (Fsp3) is 0.238. The number of carbonyl (C=O) groups excluding carboxylic acids is 1. The molecule has 3 rings (SSSR count). The number of nitrogens with one attached hydrogen (secondary N) is 1. The van der Waals surface area contributed by atoms with Crippen LogP contribution in [0.5, 0.6) is 0 Å². The number of nitro groups is 1. The van der Waals surface area contributed by atoms with Gasteiger partial charge in [-0.3, -0.25) is 14.9 Å². The predicted molar refractivity (Wildman–Crippen MR) is 126 cm³/mol. The molecule has 0 atom stereocenters. The van der Waals surface area contributed by atoms with Gasteiger partial charge in [0, 0.05) is 48.2 Å². The normalized spacial score (nSPS) is 13.8. The van der Waals surface area contributed by atoms with E-state index in [1.807, 2.05) is 0 Å². The number of halogens is 5. The molecule has 0 saturated carbocycles. The van der Waals surface area contributed by atoms with Crippen LogP contribution in [0.2, 0.25) is 10.0 Å². The summed E-state index contributed by atoms with van der Waals surface area (Å²) in [4.78, 5) is 35.1. The summed E-state index contributed by atoms with van der Waals surface area (Å²) in [5.74, 6) is -2.86. The Bertz CT molecular complexity index is 1130. The maximum absolute atomic E-state index is 12.2. The molecule has 1 amide bonds. The van der Waals surface area contributed by atoms with Crippen molar-refractivity contribution in [3.8, 4) is 0 Å². The highest BCUT2D eigenvalue weighted by Gasteiger charge is 2.38. The van der Waals surface area contributed by atoms with Gasteiger partial charge < -0.3 is 15.3 Å². The van der Waals surface area contributed by atoms with Crippen molar-refractivity contribution < 1.29 is 32.8 Å². The molecule has 0 bridgehead atoms. The minimum Gasteiger partial charge on any atom is -0.475 e. The van der Waals surface area contributed by atoms with Gasteiger partial charge in [-0.2, -0.15) is 13.2 Å². The molecule has 188 valence electrons. The second-order valence-corrected chi connectivity index (χ2v) is 8.80. The summed E-state index contributed by atoms with van der Waals surface area (Å²) in [5, 5.41) is 22.8. The topological polar surface area (TPSA) is 113 Å². The zero-order valence-electron chi connectivity index (χ0n) is 17.7. The van der Waals surface area contributed by atoms with Crippen molar-refractivity contribution in [2.45, 2.75) is 16.0 Å². The minimum absolute atomic E-state index is 0.0483. The van der Waals surface area contributed by atoms with Crippen molar-refractivity contribution in [1.29, 1.82) is 0 Å². The molecule has 0 radical (unpaired) electrons. The zero-order valence-corrected chi connectivity index (χ0v) is 20.0. The van der Waals surface area contributed by atoms with Gasteiger partial charge in [0.1, 0.15) is 0 Å². The van der Waals surface area contributed by atoms with E-state index in [-0.39, 0.29) is 11.6 Å². The average Bonchev–Trinajstić information content (AvgIpc) is 2.80. The van der Waals surface area contributed by atoms with Gasteiger partial charge in [0.05, 0.1) is 14.8 Å². The van der Waals surface area contributed by atoms with Gasteiger partial charge in [-0.25, -0.2) is 4.79 Å². The third-order valence-corrected chi connectivity index (χ3v) is 6.18. The lowest BCUT2D eigenvalue weighted by atomic mass is 10.2. The zero-order chi connectivity index (χ0) is 26.2. The minimum atomic E-state index is -5.08. The summed E-state index contributed by atoms with van der Waals surface area (Å²) >= 11 is 13.3. The van der Waals surface area contributed by atoms with Crippen LogP contribution in [0, 0.1) is 10.1 Å². The molecule has 0 spiro atoms. The number of rotatable bonds is 5. The number of carbonyl (C=O) groups is 2. The van der Waals surface area contributed by atoms with E-state index in [1.54, 1.807) is 41.3 Å². The molecule has 1 heterocycles. The van der Waals surface area contributed by atoms with Crippen LogP contribution < -0.4 is 5.32 Å². The third-order valence-electron chi connectivity index (χ3n) is 4.38. The molecule has 1 aliphatic heterocycles. The lowest BCUT2D eigenvalue weighted by Gasteiger charge is -2.26. The molecule has 14 heteroatoms. The Balaban J connectivity index is 0.000000540. The molecule has 0 aliphatic carbocycles. The lowest BCUT2D eigenvalue weighted by molar-refractivity contribution is -0.387. The van der Waals surface area contributed by atoms with Crippen molar-refractivity contribution in [2.24, 2.45) is 0 Å². The Labute approximate surface area is 211 Å². The number of benzene rings is 2. The summed E-state index contributed by atoms with van der Waals surface area (Å²) < 4.78 is 31.7. The fourth-order valence-electron chi connectivity index (χ4n) is 2.70. The Kier molecular flexibility index (Phi) is 10.4. The van der Waals surface area contributed by atoms with Crippen molar-refractivity contribution >= 4 is 58.6 Å². The molecule has 35 heavy (non-hydrogen) atoms.